The Balaban J connectivity index is 1.67. The number of piperazine rings is 1. The minimum absolute atomic E-state index is 0.0345. The molecule has 1 saturated heterocycles. The highest BCUT2D eigenvalue weighted by atomic mass is 32.2. The lowest BCUT2D eigenvalue weighted by atomic mass is 10.1. The van der Waals surface area contributed by atoms with Crippen LogP contribution in [0.25, 0.3) is 0 Å². The number of aromatic nitrogens is 1. The zero-order valence-electron chi connectivity index (χ0n) is 16.4. The van der Waals surface area contributed by atoms with Crippen molar-refractivity contribution in [3.8, 4) is 0 Å². The molecule has 0 aromatic carbocycles. The second-order valence-electron chi connectivity index (χ2n) is 8.23. The summed E-state index contributed by atoms with van der Waals surface area (Å²) in [6.45, 7) is 11.1. The molecule has 0 spiro atoms. The predicted octanol–water partition coefficient (Wildman–Crippen LogP) is 1.82. The molecule has 1 aliphatic carbocycles. The van der Waals surface area contributed by atoms with E-state index in [2.05, 4.69) is 24.9 Å². The number of hydrogen-bond donors (Lipinski definition) is 1. The average molecular weight is 414 g/mol. The van der Waals surface area contributed by atoms with Crippen LogP contribution in [0.4, 0.5) is 0 Å². The first-order chi connectivity index (χ1) is 12.5. The van der Waals surface area contributed by atoms with Crippen LogP contribution in [0.5, 0.6) is 0 Å². The Labute approximate surface area is 164 Å². The number of nitrogens with one attached hydrogen (secondary N) is 1. The molecule has 9 heteroatoms. The lowest BCUT2D eigenvalue weighted by molar-refractivity contribution is -0.134. The van der Waals surface area contributed by atoms with Crippen LogP contribution in [0.2, 0.25) is 0 Å². The Hall–Kier alpha value is -1.45. The summed E-state index contributed by atoms with van der Waals surface area (Å²) in [6.07, 6.45) is 2.17. The van der Waals surface area contributed by atoms with Gasteiger partial charge in [0.05, 0.1) is 5.92 Å². The standard InChI is InChI=1S/C18H27N3O4S2/c1-11(2)10-13-14(18(13,4)5)15(22)20-6-8-21(9-7-20)27(24,25)16-12(3)19-17(23)26-16/h10,13-14H,6-9H2,1-5H3,(H,19,23). The Morgan fingerprint density at radius 2 is 1.81 bits per heavy atom. The number of H-pyrrole nitrogens is 1. The van der Waals surface area contributed by atoms with Crippen molar-refractivity contribution in [2.75, 3.05) is 26.2 Å². The highest BCUT2D eigenvalue weighted by Gasteiger charge is 2.61. The molecule has 27 heavy (non-hydrogen) atoms. The summed E-state index contributed by atoms with van der Waals surface area (Å²) in [6, 6.07) is 0. The fourth-order valence-electron chi connectivity index (χ4n) is 3.92. The molecular weight excluding hydrogens is 386 g/mol. The van der Waals surface area contributed by atoms with Crippen LogP contribution < -0.4 is 4.87 Å². The summed E-state index contributed by atoms with van der Waals surface area (Å²) in [5.41, 5.74) is 1.53. The number of allylic oxidation sites excluding steroid dienone is 2. The summed E-state index contributed by atoms with van der Waals surface area (Å²) in [5, 5.41) is 0. The summed E-state index contributed by atoms with van der Waals surface area (Å²) in [5.74, 6) is 0.325. The van der Waals surface area contributed by atoms with Crippen LogP contribution in [0, 0.1) is 24.2 Å². The molecule has 7 nitrogen and oxygen atoms in total. The molecule has 1 amide bonds. The van der Waals surface area contributed by atoms with Crippen molar-refractivity contribution in [1.29, 1.82) is 0 Å². The molecule has 1 saturated carbocycles. The SMILES string of the molecule is CC(C)=CC1C(C(=O)N2CCN(S(=O)(=O)c3sc(=O)[nH]c3C)CC2)C1(C)C. The number of nitrogens with zero attached hydrogens (tertiary/aromatic N) is 2. The molecular formula is C18H27N3O4S2. The molecule has 150 valence electrons. The van der Waals surface area contributed by atoms with Crippen LogP contribution in [-0.4, -0.2) is 54.7 Å². The molecule has 0 bridgehead atoms. The van der Waals surface area contributed by atoms with Crippen molar-refractivity contribution < 1.29 is 13.2 Å². The molecule has 1 aromatic heterocycles. The Bertz CT molecular complexity index is 930. The van der Waals surface area contributed by atoms with Gasteiger partial charge in [-0.3, -0.25) is 9.59 Å². The van der Waals surface area contributed by atoms with Crippen LogP contribution in [0.1, 0.15) is 33.4 Å². The van der Waals surface area contributed by atoms with Gasteiger partial charge in [-0.2, -0.15) is 4.31 Å². The Morgan fingerprint density at radius 1 is 1.22 bits per heavy atom. The van der Waals surface area contributed by atoms with Crippen molar-refractivity contribution in [1.82, 2.24) is 14.2 Å². The van der Waals surface area contributed by atoms with Crippen molar-refractivity contribution in [3.63, 3.8) is 0 Å². The third-order valence-corrected chi connectivity index (χ3v) is 9.08. The number of rotatable bonds is 4. The number of amides is 1. The van der Waals surface area contributed by atoms with Gasteiger partial charge >= 0.3 is 4.87 Å². The van der Waals surface area contributed by atoms with Crippen molar-refractivity contribution in [2.24, 2.45) is 17.3 Å². The van der Waals surface area contributed by atoms with Gasteiger partial charge in [0.15, 0.2) is 4.21 Å². The van der Waals surface area contributed by atoms with Gasteiger partial charge in [0.25, 0.3) is 10.0 Å². The van der Waals surface area contributed by atoms with E-state index in [1.54, 1.807) is 11.8 Å². The van der Waals surface area contributed by atoms with E-state index >= 15 is 0 Å². The fraction of sp³-hybridized carbons (Fsp3) is 0.667. The van der Waals surface area contributed by atoms with Crippen molar-refractivity contribution in [3.05, 3.63) is 27.0 Å². The molecule has 2 heterocycles. The predicted molar refractivity (Wildman–Crippen MR) is 105 cm³/mol. The van der Waals surface area contributed by atoms with Gasteiger partial charge in [0, 0.05) is 31.9 Å². The van der Waals surface area contributed by atoms with E-state index < -0.39 is 10.0 Å². The number of carbonyl (C=O) groups is 1. The van der Waals surface area contributed by atoms with E-state index in [1.807, 2.05) is 13.8 Å². The first-order valence-electron chi connectivity index (χ1n) is 9.10. The van der Waals surface area contributed by atoms with E-state index in [-0.39, 0.29) is 45.3 Å². The molecule has 2 atom stereocenters. The summed E-state index contributed by atoms with van der Waals surface area (Å²) < 4.78 is 27.0. The van der Waals surface area contributed by atoms with Crippen LogP contribution in [0.15, 0.2) is 20.7 Å². The monoisotopic (exact) mass is 413 g/mol. The van der Waals surface area contributed by atoms with Crippen LogP contribution in [0.3, 0.4) is 0 Å². The molecule has 0 radical (unpaired) electrons. The average Bonchev–Trinajstić information content (AvgIpc) is 2.91. The van der Waals surface area contributed by atoms with Gasteiger partial charge in [-0.05, 0) is 32.1 Å². The summed E-state index contributed by atoms with van der Waals surface area (Å²) in [4.78, 5) is 28.3. The molecule has 2 fully saturated rings. The lowest BCUT2D eigenvalue weighted by Gasteiger charge is -2.34. The molecule has 2 unspecified atom stereocenters. The van der Waals surface area contributed by atoms with Crippen molar-refractivity contribution in [2.45, 2.75) is 38.8 Å². The highest BCUT2D eigenvalue weighted by Crippen LogP contribution is 2.60. The third kappa shape index (κ3) is 3.64. The minimum atomic E-state index is -3.70. The maximum Gasteiger partial charge on any atom is 0.305 e. The number of carbonyl (C=O) groups excluding carboxylic acids is 1. The van der Waals surface area contributed by atoms with Crippen molar-refractivity contribution >= 4 is 27.3 Å². The van der Waals surface area contributed by atoms with E-state index in [0.717, 1.165) is 0 Å². The van der Waals surface area contributed by atoms with Gasteiger partial charge in [-0.15, -0.1) is 0 Å². The van der Waals surface area contributed by atoms with Gasteiger partial charge in [0.1, 0.15) is 0 Å². The number of aromatic amines is 1. The van der Waals surface area contributed by atoms with Gasteiger partial charge in [0.2, 0.25) is 5.91 Å². The normalized spacial score (nSPS) is 25.3. The quantitative estimate of drug-likeness (QED) is 0.763. The number of aryl methyl sites for hydroxylation is 1. The van der Waals surface area contributed by atoms with E-state index in [0.29, 0.717) is 30.1 Å². The van der Waals surface area contributed by atoms with E-state index in [4.69, 9.17) is 0 Å². The smallest absolute Gasteiger partial charge is 0.305 e. The second-order valence-corrected chi connectivity index (χ2v) is 11.3. The minimum Gasteiger partial charge on any atom is -0.340 e. The first-order valence-corrected chi connectivity index (χ1v) is 11.4. The molecule has 1 aromatic rings. The van der Waals surface area contributed by atoms with Gasteiger partial charge in [-0.25, -0.2) is 8.42 Å². The number of sulfonamides is 1. The third-order valence-electron chi connectivity index (χ3n) is 5.60. The Kier molecular flexibility index (Phi) is 5.15. The Morgan fingerprint density at radius 3 is 2.30 bits per heavy atom. The van der Waals surface area contributed by atoms with Crippen LogP contribution in [-0.2, 0) is 14.8 Å². The maximum absolute atomic E-state index is 12.9. The van der Waals surface area contributed by atoms with Crippen LogP contribution >= 0.6 is 11.3 Å². The molecule has 2 aliphatic rings. The number of hydrogen-bond acceptors (Lipinski definition) is 5. The van der Waals surface area contributed by atoms with E-state index in [1.165, 1.54) is 9.88 Å². The second kappa shape index (κ2) is 6.86. The maximum atomic E-state index is 12.9. The fourth-order valence-corrected chi connectivity index (χ4v) is 6.78. The van der Waals surface area contributed by atoms with E-state index in [9.17, 15) is 18.0 Å². The largest absolute Gasteiger partial charge is 0.340 e. The van der Waals surface area contributed by atoms with Gasteiger partial charge < -0.3 is 9.88 Å². The highest BCUT2D eigenvalue weighted by molar-refractivity contribution is 7.91. The van der Waals surface area contributed by atoms with Gasteiger partial charge in [-0.1, -0.05) is 36.8 Å². The number of thiazole rings is 1. The topological polar surface area (TPSA) is 90.6 Å². The molecule has 3 rings (SSSR count). The zero-order chi connectivity index (χ0) is 20.1. The molecule has 1 N–H and O–H groups in total. The lowest BCUT2D eigenvalue weighted by Crippen LogP contribution is -2.51. The zero-order valence-corrected chi connectivity index (χ0v) is 18.0. The first kappa shape index (κ1) is 20.3. The molecule has 1 aliphatic heterocycles. The summed E-state index contributed by atoms with van der Waals surface area (Å²) in [7, 11) is -3.70. The summed E-state index contributed by atoms with van der Waals surface area (Å²) >= 11 is 0.715.